The molecule has 0 unspecified atom stereocenters. The third-order valence-corrected chi connectivity index (χ3v) is 3.21. The van der Waals surface area contributed by atoms with E-state index in [2.05, 4.69) is 5.32 Å². The first-order valence-electron chi connectivity index (χ1n) is 6.60. The molecule has 2 rings (SSSR count). The van der Waals surface area contributed by atoms with Gasteiger partial charge in [0.25, 0.3) is 11.2 Å². The van der Waals surface area contributed by atoms with Gasteiger partial charge in [0.2, 0.25) is 5.91 Å². The molecule has 0 saturated heterocycles. The summed E-state index contributed by atoms with van der Waals surface area (Å²) in [4.78, 5) is 34.1. The van der Waals surface area contributed by atoms with E-state index < -0.39 is 22.4 Å². The molecule has 2 aromatic rings. The summed E-state index contributed by atoms with van der Waals surface area (Å²) in [6.45, 7) is 1.46. The summed E-state index contributed by atoms with van der Waals surface area (Å²) in [6.07, 6.45) is 1.03. The van der Waals surface area contributed by atoms with E-state index in [9.17, 15) is 19.7 Å². The molecule has 0 aliphatic carbocycles. The molecule has 1 N–H and O–H groups in total. The van der Waals surface area contributed by atoms with Gasteiger partial charge in [-0.1, -0.05) is 0 Å². The Labute approximate surface area is 130 Å². The van der Waals surface area contributed by atoms with Crippen molar-refractivity contribution in [3.05, 3.63) is 68.6 Å². The summed E-state index contributed by atoms with van der Waals surface area (Å²) in [5.74, 6) is -0.502. The molecule has 0 radical (unpaired) electrons. The Kier molecular flexibility index (Phi) is 4.52. The van der Waals surface area contributed by atoms with Gasteiger partial charge in [0.15, 0.2) is 0 Å². The van der Waals surface area contributed by atoms with Crippen molar-refractivity contribution in [3.63, 3.8) is 0 Å². The molecule has 1 amide bonds. The van der Waals surface area contributed by atoms with Gasteiger partial charge in [-0.3, -0.25) is 24.3 Å². The van der Waals surface area contributed by atoms with Crippen LogP contribution in [0.2, 0.25) is 0 Å². The third-order valence-electron chi connectivity index (χ3n) is 3.21. The van der Waals surface area contributed by atoms with Crippen molar-refractivity contribution >= 4 is 17.3 Å². The molecule has 23 heavy (non-hydrogen) atoms. The predicted molar refractivity (Wildman–Crippen MR) is 81.9 cm³/mol. The lowest BCUT2D eigenvalue weighted by atomic mass is 10.2. The highest BCUT2D eigenvalue weighted by atomic mass is 16.6. The molecule has 0 spiro atoms. The van der Waals surface area contributed by atoms with Crippen LogP contribution < -0.4 is 10.9 Å². The van der Waals surface area contributed by atoms with Crippen LogP contribution in [-0.4, -0.2) is 15.4 Å². The second kappa shape index (κ2) is 6.53. The van der Waals surface area contributed by atoms with Crippen LogP contribution in [0.1, 0.15) is 18.5 Å². The third kappa shape index (κ3) is 3.59. The van der Waals surface area contributed by atoms with Crippen LogP contribution in [0.3, 0.4) is 0 Å². The summed E-state index contributed by atoms with van der Waals surface area (Å²) in [5, 5.41) is 22.1. The van der Waals surface area contributed by atoms with Crippen LogP contribution in [0.25, 0.3) is 0 Å². The van der Waals surface area contributed by atoms with E-state index in [1.807, 2.05) is 6.07 Å². The molecule has 0 bridgehead atoms. The number of benzene rings is 1. The Morgan fingerprint density at radius 2 is 1.96 bits per heavy atom. The predicted octanol–water partition coefficient (Wildman–Crippen LogP) is 1.83. The molecule has 116 valence electrons. The van der Waals surface area contributed by atoms with E-state index >= 15 is 0 Å². The molecule has 0 aliphatic rings. The second-order valence-corrected chi connectivity index (χ2v) is 4.74. The van der Waals surface area contributed by atoms with Gasteiger partial charge in [-0.25, -0.2) is 0 Å². The maximum absolute atomic E-state index is 12.2. The number of amides is 1. The summed E-state index contributed by atoms with van der Waals surface area (Å²) >= 11 is 0. The number of nitriles is 1. The fourth-order valence-corrected chi connectivity index (χ4v) is 1.90. The first kappa shape index (κ1) is 15.9. The molecule has 1 aromatic carbocycles. The molecule has 0 saturated carbocycles. The summed E-state index contributed by atoms with van der Waals surface area (Å²) in [7, 11) is 0. The number of nitrogens with one attached hydrogen (secondary N) is 1. The van der Waals surface area contributed by atoms with Gasteiger partial charge in [0, 0.05) is 17.8 Å². The van der Waals surface area contributed by atoms with Gasteiger partial charge >= 0.3 is 0 Å². The highest BCUT2D eigenvalue weighted by Crippen LogP contribution is 2.14. The Bertz CT molecular complexity index is 849. The smallest absolute Gasteiger partial charge is 0.285 e. The molecule has 1 atom stereocenters. The number of carbonyl (C=O) groups excluding carboxylic acids is 1. The average Bonchev–Trinajstić information content (AvgIpc) is 2.55. The standard InChI is InChI=1S/C15H12N4O4/c1-10(18-9-13(19(22)23)6-7-14(18)20)15(21)17-12-4-2-11(8-16)3-5-12/h2-7,9-10H,1H3,(H,17,21)/t10-/m0/s1. The maximum Gasteiger partial charge on any atom is 0.285 e. The van der Waals surface area contributed by atoms with E-state index in [0.717, 1.165) is 22.9 Å². The second-order valence-electron chi connectivity index (χ2n) is 4.74. The van der Waals surface area contributed by atoms with E-state index in [-0.39, 0.29) is 5.69 Å². The van der Waals surface area contributed by atoms with E-state index in [0.29, 0.717) is 11.3 Å². The van der Waals surface area contributed by atoms with Crippen molar-refractivity contribution in [1.29, 1.82) is 5.26 Å². The highest BCUT2D eigenvalue weighted by Gasteiger charge is 2.18. The molecule has 8 heteroatoms. The molecule has 0 fully saturated rings. The fourth-order valence-electron chi connectivity index (χ4n) is 1.90. The van der Waals surface area contributed by atoms with Crippen LogP contribution in [-0.2, 0) is 4.79 Å². The molecular weight excluding hydrogens is 300 g/mol. The van der Waals surface area contributed by atoms with Gasteiger partial charge in [0.05, 0.1) is 22.8 Å². The Hall–Kier alpha value is -3.47. The zero-order valence-corrected chi connectivity index (χ0v) is 12.1. The maximum atomic E-state index is 12.2. The Balaban J connectivity index is 2.22. The minimum absolute atomic E-state index is 0.275. The number of rotatable bonds is 4. The number of anilines is 1. The van der Waals surface area contributed by atoms with Crippen molar-refractivity contribution in [1.82, 2.24) is 4.57 Å². The van der Waals surface area contributed by atoms with Gasteiger partial charge in [-0.2, -0.15) is 5.26 Å². The molecule has 1 aromatic heterocycles. The van der Waals surface area contributed by atoms with E-state index in [1.54, 1.807) is 24.3 Å². The number of carbonyl (C=O) groups is 1. The Morgan fingerprint density at radius 1 is 1.30 bits per heavy atom. The van der Waals surface area contributed by atoms with Gasteiger partial charge in [-0.05, 0) is 31.2 Å². The van der Waals surface area contributed by atoms with Crippen LogP contribution in [0, 0.1) is 21.4 Å². The lowest BCUT2D eigenvalue weighted by molar-refractivity contribution is -0.385. The first-order chi connectivity index (χ1) is 10.9. The lowest BCUT2D eigenvalue weighted by Crippen LogP contribution is -2.31. The lowest BCUT2D eigenvalue weighted by Gasteiger charge is -2.14. The summed E-state index contributed by atoms with van der Waals surface area (Å²) in [5.41, 5.74) is 0.117. The quantitative estimate of drug-likeness (QED) is 0.682. The molecule has 0 aliphatic heterocycles. The SMILES string of the molecule is C[C@@H](C(=O)Nc1ccc(C#N)cc1)n1cc([N+](=O)[O-])ccc1=O. The monoisotopic (exact) mass is 312 g/mol. The largest absolute Gasteiger partial charge is 0.324 e. The normalized spacial score (nSPS) is 11.3. The van der Waals surface area contributed by atoms with Crippen LogP contribution in [0.5, 0.6) is 0 Å². The number of nitro groups is 1. The van der Waals surface area contributed by atoms with Gasteiger partial charge < -0.3 is 5.32 Å². The molecular formula is C15H12N4O4. The van der Waals surface area contributed by atoms with Crippen molar-refractivity contribution in [2.75, 3.05) is 5.32 Å². The minimum Gasteiger partial charge on any atom is -0.324 e. The Morgan fingerprint density at radius 3 is 2.52 bits per heavy atom. The fraction of sp³-hybridized carbons (Fsp3) is 0.133. The molecule has 1 heterocycles. The van der Waals surface area contributed by atoms with Crippen molar-refractivity contribution in [3.8, 4) is 6.07 Å². The van der Waals surface area contributed by atoms with E-state index in [4.69, 9.17) is 5.26 Å². The average molecular weight is 312 g/mol. The molecule has 8 nitrogen and oxygen atoms in total. The van der Waals surface area contributed by atoms with Gasteiger partial charge in [-0.15, -0.1) is 0 Å². The summed E-state index contributed by atoms with van der Waals surface area (Å²) in [6, 6.07) is 9.35. The first-order valence-corrected chi connectivity index (χ1v) is 6.60. The van der Waals surface area contributed by atoms with Crippen LogP contribution in [0.4, 0.5) is 11.4 Å². The van der Waals surface area contributed by atoms with Crippen molar-refractivity contribution in [2.45, 2.75) is 13.0 Å². The van der Waals surface area contributed by atoms with Gasteiger partial charge in [0.1, 0.15) is 6.04 Å². The van der Waals surface area contributed by atoms with Crippen molar-refractivity contribution < 1.29 is 9.72 Å². The summed E-state index contributed by atoms with van der Waals surface area (Å²) < 4.78 is 0.997. The number of aromatic nitrogens is 1. The highest BCUT2D eigenvalue weighted by molar-refractivity contribution is 5.93. The van der Waals surface area contributed by atoms with Crippen LogP contribution >= 0.6 is 0 Å². The number of hydrogen-bond acceptors (Lipinski definition) is 5. The zero-order valence-electron chi connectivity index (χ0n) is 12.1. The number of pyridine rings is 1. The van der Waals surface area contributed by atoms with E-state index in [1.165, 1.54) is 6.92 Å². The number of nitrogens with zero attached hydrogens (tertiary/aromatic N) is 3. The zero-order chi connectivity index (χ0) is 17.0. The number of hydrogen-bond donors (Lipinski definition) is 1. The van der Waals surface area contributed by atoms with Crippen molar-refractivity contribution in [2.24, 2.45) is 0 Å². The van der Waals surface area contributed by atoms with Crippen LogP contribution in [0.15, 0.2) is 47.4 Å². The minimum atomic E-state index is -0.932. The topological polar surface area (TPSA) is 118 Å².